The lowest BCUT2D eigenvalue weighted by Crippen LogP contribution is -2.60. The molecule has 0 atom stereocenters. The molecule has 0 saturated carbocycles. The maximum atomic E-state index is 12.6. The predicted molar refractivity (Wildman–Crippen MR) is 81.6 cm³/mol. The van der Waals surface area contributed by atoms with Crippen LogP contribution in [0.2, 0.25) is 0 Å². The molecular formula is C15H14F3N5O. The molecule has 0 aliphatic carbocycles. The van der Waals surface area contributed by atoms with Gasteiger partial charge in [0.15, 0.2) is 0 Å². The minimum atomic E-state index is -4.45. The zero-order valence-electron chi connectivity index (χ0n) is 12.4. The number of aromatic nitrogens is 2. The Bertz CT molecular complexity index is 717. The van der Waals surface area contributed by atoms with E-state index >= 15 is 0 Å². The van der Waals surface area contributed by atoms with Crippen molar-refractivity contribution in [3.8, 4) is 0 Å². The molecule has 1 aliphatic rings. The summed E-state index contributed by atoms with van der Waals surface area (Å²) in [6.45, 7) is 1.13. The zero-order valence-corrected chi connectivity index (χ0v) is 12.4. The van der Waals surface area contributed by atoms with Crippen molar-refractivity contribution >= 4 is 17.5 Å². The second-order valence-electron chi connectivity index (χ2n) is 5.34. The quantitative estimate of drug-likeness (QED) is 0.903. The van der Waals surface area contributed by atoms with E-state index in [4.69, 9.17) is 0 Å². The Morgan fingerprint density at radius 2 is 2.04 bits per heavy atom. The third-order valence-corrected chi connectivity index (χ3v) is 3.54. The van der Waals surface area contributed by atoms with Crippen molar-refractivity contribution in [2.24, 2.45) is 0 Å². The topological polar surface area (TPSA) is 70.2 Å². The molecule has 1 saturated heterocycles. The molecule has 0 spiro atoms. The number of urea groups is 1. The van der Waals surface area contributed by atoms with Crippen LogP contribution in [0.5, 0.6) is 0 Å². The molecule has 1 aliphatic heterocycles. The number of alkyl halides is 3. The molecule has 0 bridgehead atoms. The predicted octanol–water partition coefficient (Wildman–Crippen LogP) is 2.51. The molecule has 1 fully saturated rings. The summed E-state index contributed by atoms with van der Waals surface area (Å²) in [6.07, 6.45) is 0.330. The fraction of sp³-hybridized carbons (Fsp3) is 0.267. The van der Waals surface area contributed by atoms with Crippen LogP contribution >= 0.6 is 0 Å². The molecular weight excluding hydrogens is 323 g/mol. The minimum Gasteiger partial charge on any atom is -0.351 e. The van der Waals surface area contributed by atoms with E-state index in [2.05, 4.69) is 20.6 Å². The third-order valence-electron chi connectivity index (χ3n) is 3.54. The molecule has 2 heterocycles. The highest BCUT2D eigenvalue weighted by molar-refractivity contribution is 5.89. The van der Waals surface area contributed by atoms with E-state index < -0.39 is 17.8 Å². The van der Waals surface area contributed by atoms with Gasteiger partial charge >= 0.3 is 12.2 Å². The smallest absolute Gasteiger partial charge is 0.351 e. The van der Waals surface area contributed by atoms with Gasteiger partial charge in [-0.15, -0.1) is 0 Å². The van der Waals surface area contributed by atoms with Gasteiger partial charge < -0.3 is 15.5 Å². The standard InChI is InChI=1S/C15H14F3N5O/c16-15(17,18)10-2-1-3-11(6-10)21-14(24)22-12-8-23(9-12)13-7-19-4-5-20-13/h1-7,12H,8-9H2,(H2,21,22,24). The summed E-state index contributed by atoms with van der Waals surface area (Å²) < 4.78 is 37.9. The summed E-state index contributed by atoms with van der Waals surface area (Å²) in [5.74, 6) is 0.717. The molecule has 2 amide bonds. The lowest BCUT2D eigenvalue weighted by atomic mass is 10.1. The second kappa shape index (κ2) is 6.34. The number of anilines is 2. The Labute approximate surface area is 135 Å². The van der Waals surface area contributed by atoms with Gasteiger partial charge in [0.25, 0.3) is 0 Å². The average molecular weight is 337 g/mol. The SMILES string of the molecule is O=C(Nc1cccc(C(F)(F)F)c1)NC1CN(c2cnccn2)C1. The van der Waals surface area contributed by atoms with Crippen molar-refractivity contribution in [3.63, 3.8) is 0 Å². The molecule has 2 N–H and O–H groups in total. The van der Waals surface area contributed by atoms with E-state index in [-0.39, 0.29) is 11.7 Å². The van der Waals surface area contributed by atoms with Gasteiger partial charge in [-0.25, -0.2) is 9.78 Å². The van der Waals surface area contributed by atoms with Crippen LogP contribution < -0.4 is 15.5 Å². The van der Waals surface area contributed by atoms with Gasteiger partial charge in [-0.1, -0.05) is 6.07 Å². The van der Waals surface area contributed by atoms with Gasteiger partial charge in [-0.2, -0.15) is 13.2 Å². The Balaban J connectivity index is 1.51. The van der Waals surface area contributed by atoms with Crippen LogP contribution in [-0.2, 0) is 6.18 Å². The van der Waals surface area contributed by atoms with Crippen LogP contribution in [0, 0.1) is 0 Å². The highest BCUT2D eigenvalue weighted by Gasteiger charge is 2.31. The van der Waals surface area contributed by atoms with Crippen molar-refractivity contribution in [1.29, 1.82) is 0 Å². The second-order valence-corrected chi connectivity index (χ2v) is 5.34. The van der Waals surface area contributed by atoms with E-state index in [0.717, 1.165) is 12.1 Å². The molecule has 6 nitrogen and oxygen atoms in total. The third kappa shape index (κ3) is 3.73. The number of benzene rings is 1. The number of carbonyl (C=O) groups is 1. The Morgan fingerprint density at radius 3 is 2.71 bits per heavy atom. The lowest BCUT2D eigenvalue weighted by molar-refractivity contribution is -0.137. The van der Waals surface area contributed by atoms with Gasteiger partial charge in [0.1, 0.15) is 5.82 Å². The number of halogens is 3. The van der Waals surface area contributed by atoms with Crippen molar-refractivity contribution < 1.29 is 18.0 Å². The molecule has 0 unspecified atom stereocenters. The highest BCUT2D eigenvalue weighted by Crippen LogP contribution is 2.30. The summed E-state index contributed by atoms with van der Waals surface area (Å²) in [5.41, 5.74) is -0.717. The molecule has 2 aromatic rings. The molecule has 0 radical (unpaired) electrons. The highest BCUT2D eigenvalue weighted by atomic mass is 19.4. The lowest BCUT2D eigenvalue weighted by Gasteiger charge is -2.40. The zero-order chi connectivity index (χ0) is 17.2. The Morgan fingerprint density at radius 1 is 1.25 bits per heavy atom. The van der Waals surface area contributed by atoms with Crippen LogP contribution in [0.25, 0.3) is 0 Å². The number of hydrogen-bond donors (Lipinski definition) is 2. The van der Waals surface area contributed by atoms with Crippen molar-refractivity contribution in [3.05, 3.63) is 48.4 Å². The molecule has 1 aromatic carbocycles. The van der Waals surface area contributed by atoms with Gasteiger partial charge in [-0.05, 0) is 18.2 Å². The summed E-state index contributed by atoms with van der Waals surface area (Å²) in [6, 6.07) is 3.86. The average Bonchev–Trinajstić information content (AvgIpc) is 2.51. The van der Waals surface area contributed by atoms with E-state index in [9.17, 15) is 18.0 Å². The first kappa shape index (κ1) is 16.0. The van der Waals surface area contributed by atoms with Crippen LogP contribution in [0.15, 0.2) is 42.9 Å². The van der Waals surface area contributed by atoms with E-state index in [0.29, 0.717) is 18.9 Å². The number of hydrogen-bond acceptors (Lipinski definition) is 4. The number of nitrogens with one attached hydrogen (secondary N) is 2. The fourth-order valence-corrected chi connectivity index (χ4v) is 2.34. The van der Waals surface area contributed by atoms with E-state index in [1.807, 2.05) is 4.90 Å². The van der Waals surface area contributed by atoms with Crippen molar-refractivity contribution in [2.75, 3.05) is 23.3 Å². The fourth-order valence-electron chi connectivity index (χ4n) is 2.34. The molecule has 126 valence electrons. The summed E-state index contributed by atoms with van der Waals surface area (Å²) in [7, 11) is 0. The number of carbonyl (C=O) groups excluding carboxylic acids is 1. The first-order valence-corrected chi connectivity index (χ1v) is 7.17. The van der Waals surface area contributed by atoms with Crippen LogP contribution in [0.3, 0.4) is 0 Å². The maximum Gasteiger partial charge on any atom is 0.416 e. The number of amides is 2. The Kier molecular flexibility index (Phi) is 4.24. The van der Waals surface area contributed by atoms with Crippen LogP contribution in [0.4, 0.5) is 29.5 Å². The van der Waals surface area contributed by atoms with Gasteiger partial charge in [0.05, 0.1) is 17.8 Å². The largest absolute Gasteiger partial charge is 0.416 e. The van der Waals surface area contributed by atoms with Gasteiger partial charge in [0, 0.05) is 31.2 Å². The monoisotopic (exact) mass is 337 g/mol. The summed E-state index contributed by atoms with van der Waals surface area (Å²) in [5, 5.41) is 5.11. The van der Waals surface area contributed by atoms with Crippen molar-refractivity contribution in [2.45, 2.75) is 12.2 Å². The normalized spacial score (nSPS) is 14.9. The first-order chi connectivity index (χ1) is 11.4. The first-order valence-electron chi connectivity index (χ1n) is 7.17. The van der Waals surface area contributed by atoms with Gasteiger partial charge in [-0.3, -0.25) is 4.98 Å². The van der Waals surface area contributed by atoms with Crippen LogP contribution in [-0.4, -0.2) is 35.1 Å². The summed E-state index contributed by atoms with van der Waals surface area (Å²) in [4.78, 5) is 21.9. The van der Waals surface area contributed by atoms with Crippen LogP contribution in [0.1, 0.15) is 5.56 Å². The van der Waals surface area contributed by atoms with Gasteiger partial charge in [0.2, 0.25) is 0 Å². The van der Waals surface area contributed by atoms with Crippen molar-refractivity contribution in [1.82, 2.24) is 15.3 Å². The summed E-state index contributed by atoms with van der Waals surface area (Å²) >= 11 is 0. The molecule has 1 aromatic heterocycles. The number of rotatable bonds is 3. The minimum absolute atomic E-state index is 0.0902. The molecule has 9 heteroatoms. The molecule has 24 heavy (non-hydrogen) atoms. The maximum absolute atomic E-state index is 12.6. The van der Waals surface area contributed by atoms with E-state index in [1.54, 1.807) is 18.6 Å². The number of nitrogens with zero attached hydrogens (tertiary/aromatic N) is 3. The Hall–Kier alpha value is -2.84. The van der Waals surface area contributed by atoms with E-state index in [1.165, 1.54) is 12.1 Å². The molecule has 3 rings (SSSR count).